The molecular weight excluding hydrogens is 438 g/mol. The van der Waals surface area contributed by atoms with Crippen LogP contribution in [0.3, 0.4) is 0 Å². The molecule has 2 atom stereocenters. The van der Waals surface area contributed by atoms with E-state index >= 15 is 0 Å². The van der Waals surface area contributed by atoms with Crippen LogP contribution in [0.4, 0.5) is 0 Å². The standard InChI is InChI=1S/C26H26ClN3O3/c1-30(2)26(31)15-10-19-17(7-8-28-22(19)11-15)20-13-16(27)9-14-12-23(32-24(14)20)25-18-5-3-4-6-21(18)29-33-25/h7-9,13,15,23H,3-6,10-12H2,1-2H3/t15?,23-/m1/s1. The van der Waals surface area contributed by atoms with Crippen LogP contribution in [0.15, 0.2) is 28.9 Å². The van der Waals surface area contributed by atoms with E-state index in [9.17, 15) is 4.79 Å². The zero-order valence-electron chi connectivity index (χ0n) is 18.9. The van der Waals surface area contributed by atoms with Gasteiger partial charge in [-0.05, 0) is 61.4 Å². The molecule has 0 bridgehead atoms. The van der Waals surface area contributed by atoms with E-state index in [4.69, 9.17) is 20.9 Å². The molecule has 1 aliphatic heterocycles. The van der Waals surface area contributed by atoms with Gasteiger partial charge in [0.05, 0.1) is 5.69 Å². The minimum Gasteiger partial charge on any atom is -0.481 e. The Labute approximate surface area is 197 Å². The molecule has 2 aromatic heterocycles. The molecule has 0 saturated carbocycles. The molecule has 6 rings (SSSR count). The summed E-state index contributed by atoms with van der Waals surface area (Å²) in [5.74, 6) is 1.77. The molecule has 1 unspecified atom stereocenters. The number of halogens is 1. The number of aromatic nitrogens is 2. The van der Waals surface area contributed by atoms with Gasteiger partial charge in [-0.25, -0.2) is 0 Å². The third-order valence-corrected chi connectivity index (χ3v) is 7.41. The van der Waals surface area contributed by atoms with Crippen molar-refractivity contribution in [1.29, 1.82) is 0 Å². The van der Waals surface area contributed by atoms with Crippen molar-refractivity contribution >= 4 is 17.5 Å². The Kier molecular flexibility index (Phi) is 4.94. The third-order valence-electron chi connectivity index (χ3n) is 7.19. The van der Waals surface area contributed by atoms with Gasteiger partial charge in [0, 0.05) is 66.5 Å². The molecular formula is C26H26ClN3O3. The Morgan fingerprint density at radius 3 is 2.76 bits per heavy atom. The quantitative estimate of drug-likeness (QED) is 0.560. The van der Waals surface area contributed by atoms with Crippen molar-refractivity contribution in [3.05, 3.63) is 63.3 Å². The monoisotopic (exact) mass is 463 g/mol. The maximum atomic E-state index is 12.6. The number of carbonyl (C=O) groups is 1. The van der Waals surface area contributed by atoms with E-state index in [0.717, 1.165) is 70.8 Å². The highest BCUT2D eigenvalue weighted by Gasteiger charge is 2.36. The van der Waals surface area contributed by atoms with E-state index in [0.29, 0.717) is 24.3 Å². The van der Waals surface area contributed by atoms with Gasteiger partial charge < -0.3 is 14.2 Å². The second kappa shape index (κ2) is 7.87. The second-order valence-electron chi connectivity index (χ2n) is 9.55. The molecule has 3 aromatic rings. The van der Waals surface area contributed by atoms with Crippen molar-refractivity contribution < 1.29 is 14.1 Å². The highest BCUT2D eigenvalue weighted by atomic mass is 35.5. The summed E-state index contributed by atoms with van der Waals surface area (Å²) < 4.78 is 12.3. The lowest BCUT2D eigenvalue weighted by Gasteiger charge is -2.16. The van der Waals surface area contributed by atoms with Gasteiger partial charge >= 0.3 is 0 Å². The second-order valence-corrected chi connectivity index (χ2v) is 9.99. The fraction of sp³-hybridized carbons (Fsp3) is 0.423. The van der Waals surface area contributed by atoms with Crippen molar-refractivity contribution in [2.75, 3.05) is 14.1 Å². The average Bonchev–Trinajstić information content (AvgIpc) is 3.53. The summed E-state index contributed by atoms with van der Waals surface area (Å²) in [7, 11) is 3.61. The van der Waals surface area contributed by atoms with Crippen LogP contribution in [0.25, 0.3) is 11.1 Å². The predicted molar refractivity (Wildman–Crippen MR) is 124 cm³/mol. The molecule has 0 saturated heterocycles. The van der Waals surface area contributed by atoms with Gasteiger partial charge in [0.2, 0.25) is 5.91 Å². The van der Waals surface area contributed by atoms with Crippen LogP contribution in [0.2, 0.25) is 5.02 Å². The van der Waals surface area contributed by atoms with E-state index in [-0.39, 0.29) is 17.9 Å². The van der Waals surface area contributed by atoms with E-state index in [1.807, 2.05) is 24.4 Å². The van der Waals surface area contributed by atoms with Crippen LogP contribution in [0.1, 0.15) is 52.8 Å². The molecule has 0 N–H and O–H groups in total. The summed E-state index contributed by atoms with van der Waals surface area (Å²) in [6.07, 6.45) is 7.98. The molecule has 33 heavy (non-hydrogen) atoms. The minimum atomic E-state index is -0.190. The Balaban J connectivity index is 1.38. The average molecular weight is 464 g/mol. The molecule has 6 nitrogen and oxygen atoms in total. The van der Waals surface area contributed by atoms with Crippen LogP contribution < -0.4 is 4.74 Å². The summed E-state index contributed by atoms with van der Waals surface area (Å²) in [6, 6.07) is 5.97. The lowest BCUT2D eigenvalue weighted by atomic mass is 9.93. The summed E-state index contributed by atoms with van der Waals surface area (Å²) in [4.78, 5) is 18.9. The van der Waals surface area contributed by atoms with Gasteiger partial charge in [-0.3, -0.25) is 9.78 Å². The largest absolute Gasteiger partial charge is 0.481 e. The van der Waals surface area contributed by atoms with Crippen LogP contribution in [0, 0.1) is 5.92 Å². The molecule has 170 valence electrons. The molecule has 0 spiro atoms. The number of rotatable bonds is 3. The number of pyridine rings is 1. The number of carbonyl (C=O) groups excluding carboxylic acids is 1. The maximum absolute atomic E-state index is 12.6. The summed E-state index contributed by atoms with van der Waals surface area (Å²) in [5.41, 5.74) is 7.50. The van der Waals surface area contributed by atoms with Gasteiger partial charge in [-0.15, -0.1) is 0 Å². The molecule has 3 heterocycles. The first-order valence-corrected chi connectivity index (χ1v) is 12.0. The highest BCUT2D eigenvalue weighted by Crippen LogP contribution is 2.48. The Hall–Kier alpha value is -2.86. The summed E-state index contributed by atoms with van der Waals surface area (Å²) >= 11 is 6.57. The molecule has 0 radical (unpaired) electrons. The molecule has 1 amide bonds. The number of amides is 1. The maximum Gasteiger partial charge on any atom is 0.225 e. The summed E-state index contributed by atoms with van der Waals surface area (Å²) in [5, 5.41) is 5.00. The number of aryl methyl sites for hydroxylation is 1. The first-order valence-electron chi connectivity index (χ1n) is 11.6. The fourth-order valence-electron chi connectivity index (χ4n) is 5.62. The lowest BCUT2D eigenvalue weighted by molar-refractivity contribution is -0.132. The van der Waals surface area contributed by atoms with E-state index in [2.05, 4.69) is 10.1 Å². The Morgan fingerprint density at radius 1 is 1.06 bits per heavy atom. The molecule has 0 fully saturated rings. The van der Waals surface area contributed by atoms with Crippen molar-refractivity contribution in [3.63, 3.8) is 0 Å². The summed E-state index contributed by atoms with van der Waals surface area (Å²) in [6.45, 7) is 0. The Morgan fingerprint density at radius 2 is 1.91 bits per heavy atom. The van der Waals surface area contributed by atoms with Gasteiger partial charge in [0.15, 0.2) is 11.9 Å². The van der Waals surface area contributed by atoms with Crippen LogP contribution in [-0.4, -0.2) is 35.0 Å². The fourth-order valence-corrected chi connectivity index (χ4v) is 5.86. The number of nitrogens with zero attached hydrogens (tertiary/aromatic N) is 3. The van der Waals surface area contributed by atoms with Crippen molar-refractivity contribution in [2.45, 2.75) is 51.0 Å². The van der Waals surface area contributed by atoms with E-state index in [1.54, 1.807) is 19.0 Å². The zero-order chi connectivity index (χ0) is 22.7. The van der Waals surface area contributed by atoms with E-state index < -0.39 is 0 Å². The highest BCUT2D eigenvalue weighted by molar-refractivity contribution is 6.31. The smallest absolute Gasteiger partial charge is 0.225 e. The first-order chi connectivity index (χ1) is 16.0. The van der Waals surface area contributed by atoms with Crippen molar-refractivity contribution in [2.24, 2.45) is 5.92 Å². The lowest BCUT2D eigenvalue weighted by Crippen LogP contribution is -2.29. The Bertz CT molecular complexity index is 1270. The van der Waals surface area contributed by atoms with Gasteiger partial charge in [-0.1, -0.05) is 16.8 Å². The zero-order valence-corrected chi connectivity index (χ0v) is 19.6. The number of hydrogen-bond acceptors (Lipinski definition) is 5. The topological polar surface area (TPSA) is 68.5 Å². The molecule has 1 aromatic carbocycles. The number of benzene rings is 1. The molecule has 7 heteroatoms. The van der Waals surface area contributed by atoms with Crippen LogP contribution in [0.5, 0.6) is 5.75 Å². The van der Waals surface area contributed by atoms with Crippen molar-refractivity contribution in [3.8, 4) is 16.9 Å². The molecule has 3 aliphatic rings. The van der Waals surface area contributed by atoms with Gasteiger partial charge in [0.1, 0.15) is 5.75 Å². The first kappa shape index (κ1) is 20.7. The normalized spacial score (nSPS) is 20.7. The van der Waals surface area contributed by atoms with Crippen molar-refractivity contribution in [1.82, 2.24) is 15.0 Å². The number of hydrogen-bond donors (Lipinski definition) is 0. The predicted octanol–water partition coefficient (Wildman–Crippen LogP) is 4.75. The van der Waals surface area contributed by atoms with Crippen LogP contribution >= 0.6 is 11.6 Å². The SMILES string of the molecule is CN(C)C(=O)C1Cc2nccc(-c3cc(Cl)cc4c3O[C@@H](c3onc5c3CCCC5)C4)c2C1. The number of ether oxygens (including phenoxy) is 1. The van der Waals surface area contributed by atoms with Crippen LogP contribution in [-0.2, 0) is 36.9 Å². The molecule has 2 aliphatic carbocycles. The van der Waals surface area contributed by atoms with E-state index in [1.165, 1.54) is 5.56 Å². The third kappa shape index (κ3) is 3.43. The number of fused-ring (bicyclic) bond motifs is 3. The minimum absolute atomic E-state index is 0.0785. The van der Waals surface area contributed by atoms with Gasteiger partial charge in [-0.2, -0.15) is 0 Å². The van der Waals surface area contributed by atoms with Gasteiger partial charge in [0.25, 0.3) is 0 Å².